The van der Waals surface area contributed by atoms with Gasteiger partial charge in [-0.3, -0.25) is 0 Å². The maximum absolute atomic E-state index is 11.4. The minimum absolute atomic E-state index is 0.0155. The number of carbonyl (C=O) groups excluding carboxylic acids is 1. The van der Waals surface area contributed by atoms with Gasteiger partial charge in [0.15, 0.2) is 6.73 Å². The highest BCUT2D eigenvalue weighted by Gasteiger charge is 2.14. The lowest BCUT2D eigenvalue weighted by molar-refractivity contribution is 0.126. The van der Waals surface area contributed by atoms with Gasteiger partial charge in [-0.15, -0.1) is 12.3 Å². The number of nitrogens with one attached hydrogen (secondary N) is 2. The van der Waals surface area contributed by atoms with Crippen LogP contribution < -0.4 is 10.6 Å². The molecule has 0 atom stereocenters. The zero-order chi connectivity index (χ0) is 14.9. The van der Waals surface area contributed by atoms with E-state index in [4.69, 9.17) is 11.3 Å². The number of carbonyl (C=O) groups is 1. The number of hydrogen-bond acceptors (Lipinski definition) is 3. The van der Waals surface area contributed by atoms with Crippen LogP contribution in [0.1, 0.15) is 41.0 Å². The van der Waals surface area contributed by atoms with E-state index in [0.29, 0.717) is 12.1 Å². The first-order valence-electron chi connectivity index (χ1n) is 6.09. The monoisotopic (exact) mass is 265 g/mol. The first kappa shape index (κ1) is 17.0. The third-order valence-corrected chi connectivity index (χ3v) is 2.42. The highest BCUT2D eigenvalue weighted by atomic mass is 16.6. The summed E-state index contributed by atoms with van der Waals surface area (Å²) in [7, 11) is 0. The van der Waals surface area contributed by atoms with Gasteiger partial charge in [0.05, 0.1) is 5.71 Å². The summed E-state index contributed by atoms with van der Waals surface area (Å²) in [6, 6.07) is -0.352. The van der Waals surface area contributed by atoms with Gasteiger partial charge in [0.1, 0.15) is 0 Å². The van der Waals surface area contributed by atoms with Gasteiger partial charge in [-0.05, 0) is 13.8 Å². The topological polar surface area (TPSA) is 62.7 Å². The van der Waals surface area contributed by atoms with Gasteiger partial charge in [0, 0.05) is 17.5 Å². The van der Waals surface area contributed by atoms with Gasteiger partial charge in [-0.25, -0.2) is 4.79 Å². The van der Waals surface area contributed by atoms with Gasteiger partial charge < -0.3 is 15.5 Å². The van der Waals surface area contributed by atoms with Crippen molar-refractivity contribution in [2.75, 3.05) is 6.73 Å². The number of oxime groups is 1. The molecule has 0 aromatic rings. The van der Waals surface area contributed by atoms with Crippen molar-refractivity contribution in [1.29, 1.82) is 0 Å². The Morgan fingerprint density at radius 3 is 2.58 bits per heavy atom. The van der Waals surface area contributed by atoms with Crippen molar-refractivity contribution < 1.29 is 9.63 Å². The molecule has 0 aromatic heterocycles. The molecule has 0 rings (SSSR count). The molecule has 0 aromatic carbocycles. The van der Waals surface area contributed by atoms with E-state index >= 15 is 0 Å². The van der Waals surface area contributed by atoms with Gasteiger partial charge in [0.2, 0.25) is 0 Å². The summed E-state index contributed by atoms with van der Waals surface area (Å²) in [5.41, 5.74) is 1.52. The minimum Gasteiger partial charge on any atom is -0.374 e. The molecule has 19 heavy (non-hydrogen) atoms. The molecular weight excluding hydrogens is 242 g/mol. The van der Waals surface area contributed by atoms with Gasteiger partial charge in [-0.2, -0.15) is 0 Å². The van der Waals surface area contributed by atoms with E-state index < -0.39 is 0 Å². The second kappa shape index (κ2) is 8.20. The Morgan fingerprint density at radius 1 is 1.42 bits per heavy atom. The molecule has 2 N–H and O–H groups in total. The average molecular weight is 265 g/mol. The molecule has 0 heterocycles. The van der Waals surface area contributed by atoms with E-state index in [9.17, 15) is 4.79 Å². The van der Waals surface area contributed by atoms with Crippen LogP contribution in [0.4, 0.5) is 4.79 Å². The quantitative estimate of drug-likeness (QED) is 0.264. The average Bonchev–Trinajstić information content (AvgIpc) is 2.30. The standard InChI is InChI=1S/C14H23N3O2/c1-7-8-9-11(2)16-13(18)15-10-19-17-12(3)14(4,5)6/h1,9H,8,10H2,2-6H3,(H2,15,16,18)/b11-9+,17-12+. The molecular formula is C14H23N3O2. The minimum atomic E-state index is -0.352. The molecule has 2 amide bonds. The second-order valence-corrected chi connectivity index (χ2v) is 5.13. The van der Waals surface area contributed by atoms with Crippen LogP contribution in [0.15, 0.2) is 16.9 Å². The first-order chi connectivity index (χ1) is 8.77. The Morgan fingerprint density at radius 2 is 2.05 bits per heavy atom. The van der Waals surface area contributed by atoms with E-state index in [1.54, 1.807) is 13.0 Å². The van der Waals surface area contributed by atoms with Crippen molar-refractivity contribution in [2.45, 2.75) is 41.0 Å². The van der Waals surface area contributed by atoms with Crippen molar-refractivity contribution in [3.05, 3.63) is 11.8 Å². The van der Waals surface area contributed by atoms with E-state index in [-0.39, 0.29) is 18.2 Å². The van der Waals surface area contributed by atoms with Crippen LogP contribution in [0, 0.1) is 17.8 Å². The van der Waals surface area contributed by atoms with Crippen LogP contribution in [0.2, 0.25) is 0 Å². The van der Waals surface area contributed by atoms with Crippen LogP contribution in [0.3, 0.4) is 0 Å². The van der Waals surface area contributed by atoms with Crippen LogP contribution in [-0.2, 0) is 4.84 Å². The van der Waals surface area contributed by atoms with E-state index in [0.717, 1.165) is 5.71 Å². The molecule has 5 heteroatoms. The lowest BCUT2D eigenvalue weighted by Gasteiger charge is -2.17. The van der Waals surface area contributed by atoms with E-state index in [1.807, 2.05) is 27.7 Å². The molecule has 0 spiro atoms. The van der Waals surface area contributed by atoms with Crippen LogP contribution in [-0.4, -0.2) is 18.5 Å². The fourth-order valence-electron chi connectivity index (χ4n) is 0.850. The molecule has 106 valence electrons. The molecule has 0 saturated carbocycles. The number of nitrogens with zero attached hydrogens (tertiary/aromatic N) is 1. The fourth-order valence-corrected chi connectivity index (χ4v) is 0.850. The molecule has 5 nitrogen and oxygen atoms in total. The summed E-state index contributed by atoms with van der Waals surface area (Å²) in [6.45, 7) is 9.77. The van der Waals surface area contributed by atoms with Crippen LogP contribution >= 0.6 is 0 Å². The summed E-state index contributed by atoms with van der Waals surface area (Å²) in [4.78, 5) is 16.4. The Hall–Kier alpha value is -1.96. The van der Waals surface area contributed by atoms with Crippen LogP contribution in [0.5, 0.6) is 0 Å². The van der Waals surface area contributed by atoms with Crippen molar-refractivity contribution in [1.82, 2.24) is 10.6 Å². The molecule has 0 bridgehead atoms. The van der Waals surface area contributed by atoms with Crippen molar-refractivity contribution in [2.24, 2.45) is 10.6 Å². The third-order valence-electron chi connectivity index (χ3n) is 2.42. The first-order valence-corrected chi connectivity index (χ1v) is 6.09. The van der Waals surface area contributed by atoms with E-state index in [2.05, 4.69) is 21.7 Å². The summed E-state index contributed by atoms with van der Waals surface area (Å²) >= 11 is 0. The summed E-state index contributed by atoms with van der Waals surface area (Å²) in [5.74, 6) is 2.46. The highest BCUT2D eigenvalue weighted by molar-refractivity contribution is 5.86. The summed E-state index contributed by atoms with van der Waals surface area (Å²) in [5, 5.41) is 9.07. The predicted molar refractivity (Wildman–Crippen MR) is 77.4 cm³/mol. The highest BCUT2D eigenvalue weighted by Crippen LogP contribution is 2.15. The predicted octanol–water partition coefficient (Wildman–Crippen LogP) is 2.61. The van der Waals surface area contributed by atoms with Gasteiger partial charge in [-0.1, -0.05) is 32.0 Å². The number of amides is 2. The maximum Gasteiger partial charge on any atom is 0.321 e. The Balaban J connectivity index is 3.98. The molecule has 0 fully saturated rings. The third kappa shape index (κ3) is 8.72. The SMILES string of the molecule is C#CC/C=C(\C)NC(=O)NCO/N=C(\C)C(C)(C)C. The number of terminal acetylenes is 1. The van der Waals surface area contributed by atoms with Crippen molar-refractivity contribution in [3.8, 4) is 12.3 Å². The largest absolute Gasteiger partial charge is 0.374 e. The molecule has 0 aliphatic carbocycles. The number of hydrogen-bond donors (Lipinski definition) is 2. The normalized spacial score (nSPS) is 12.6. The zero-order valence-corrected chi connectivity index (χ0v) is 12.3. The molecule has 0 aliphatic heterocycles. The zero-order valence-electron chi connectivity index (χ0n) is 12.3. The molecule has 0 aliphatic rings. The Kier molecular flexibility index (Phi) is 7.35. The fraction of sp³-hybridized carbons (Fsp3) is 0.571. The summed E-state index contributed by atoms with van der Waals surface area (Å²) in [6.07, 6.45) is 7.35. The molecule has 0 unspecified atom stereocenters. The van der Waals surface area contributed by atoms with E-state index in [1.165, 1.54) is 0 Å². The smallest absolute Gasteiger partial charge is 0.321 e. The van der Waals surface area contributed by atoms with Crippen molar-refractivity contribution in [3.63, 3.8) is 0 Å². The van der Waals surface area contributed by atoms with Gasteiger partial charge >= 0.3 is 6.03 Å². The van der Waals surface area contributed by atoms with Crippen molar-refractivity contribution >= 4 is 11.7 Å². The Labute approximate surface area is 115 Å². The Bertz CT molecular complexity index is 398. The lowest BCUT2D eigenvalue weighted by Crippen LogP contribution is -2.35. The number of allylic oxidation sites excluding steroid dienone is 2. The number of rotatable bonds is 5. The molecule has 0 radical (unpaired) electrons. The maximum atomic E-state index is 11.4. The second-order valence-electron chi connectivity index (χ2n) is 5.13. The van der Waals surface area contributed by atoms with Crippen LogP contribution in [0.25, 0.3) is 0 Å². The lowest BCUT2D eigenvalue weighted by atomic mass is 9.91. The number of urea groups is 1. The van der Waals surface area contributed by atoms with Gasteiger partial charge in [0.25, 0.3) is 0 Å². The molecule has 0 saturated heterocycles. The summed E-state index contributed by atoms with van der Waals surface area (Å²) < 4.78 is 0.